The highest BCUT2D eigenvalue weighted by Crippen LogP contribution is 2.33. The molecule has 46 heavy (non-hydrogen) atoms. The largest absolute Gasteiger partial charge is 0.494 e. The molecule has 0 bridgehead atoms. The number of hydrogen-bond acceptors (Lipinski definition) is 8. The van der Waals surface area contributed by atoms with Crippen LogP contribution in [0.3, 0.4) is 0 Å². The number of ether oxygens (including phenoxy) is 3. The van der Waals surface area contributed by atoms with Crippen LogP contribution in [0.5, 0.6) is 11.5 Å². The molecule has 2 heterocycles. The summed E-state index contributed by atoms with van der Waals surface area (Å²) in [6.07, 6.45) is 1.83. The van der Waals surface area contributed by atoms with Crippen molar-refractivity contribution >= 4 is 34.2 Å². The van der Waals surface area contributed by atoms with Crippen LogP contribution in [0, 0.1) is 11.3 Å². The molecule has 0 aliphatic carbocycles. The maximum Gasteiger partial charge on any atom is 0.338 e. The van der Waals surface area contributed by atoms with E-state index in [1.165, 1.54) is 11.3 Å². The maximum absolute atomic E-state index is 14.3. The second kappa shape index (κ2) is 13.3. The number of nitriles is 1. The molecule has 230 valence electrons. The summed E-state index contributed by atoms with van der Waals surface area (Å²) in [5.74, 6) is 0.751. The molecule has 8 nitrogen and oxygen atoms in total. The number of carbonyl (C=O) groups is 1. The third-order valence-corrected chi connectivity index (χ3v) is 8.73. The van der Waals surface area contributed by atoms with Crippen molar-refractivity contribution < 1.29 is 19.0 Å². The number of benzene rings is 4. The van der Waals surface area contributed by atoms with Gasteiger partial charge in [0.1, 0.15) is 18.1 Å². The number of hydrogen-bond donors (Lipinski definition) is 0. The van der Waals surface area contributed by atoms with E-state index < -0.39 is 12.0 Å². The van der Waals surface area contributed by atoms with E-state index in [1.807, 2.05) is 91.9 Å². The molecule has 0 saturated heterocycles. The molecular formula is C37H31N3O5S. The number of fused-ring (bicyclic) bond motifs is 2. The van der Waals surface area contributed by atoms with Crippen LogP contribution in [0.1, 0.15) is 49.1 Å². The molecule has 1 atom stereocenters. The fourth-order valence-electron chi connectivity index (χ4n) is 5.61. The van der Waals surface area contributed by atoms with E-state index >= 15 is 0 Å². The van der Waals surface area contributed by atoms with Gasteiger partial charge in [-0.2, -0.15) is 5.26 Å². The first-order valence-corrected chi connectivity index (χ1v) is 15.8. The molecule has 1 aromatic heterocycles. The monoisotopic (exact) mass is 629 g/mol. The van der Waals surface area contributed by atoms with Gasteiger partial charge in [-0.05, 0) is 67.4 Å². The van der Waals surface area contributed by atoms with Gasteiger partial charge in [0.25, 0.3) is 5.56 Å². The lowest BCUT2D eigenvalue weighted by atomic mass is 9.96. The standard InChI is InChI=1S/C37H31N3O5S/c1-4-43-28-17-14-25(15-18-28)34-33(36(42)44-5-2)23(3)39-37-40(34)35(41)32(46-37)20-30-29-13-9-8-10-24(29)16-19-31(30)45-22-27-12-7-6-11-26(27)21-38/h6-20,34H,4-5,22H2,1-3H3/b32-20-/t34-/m0/s1. The molecule has 0 fully saturated rings. The second-order valence-corrected chi connectivity index (χ2v) is 11.6. The highest BCUT2D eigenvalue weighted by atomic mass is 32.1. The highest BCUT2D eigenvalue weighted by molar-refractivity contribution is 7.07. The van der Waals surface area contributed by atoms with Crippen LogP contribution in [0.4, 0.5) is 0 Å². The highest BCUT2D eigenvalue weighted by Gasteiger charge is 2.33. The Balaban J connectivity index is 1.51. The third kappa shape index (κ3) is 5.83. The minimum Gasteiger partial charge on any atom is -0.494 e. The normalized spacial score (nSPS) is 14.4. The molecule has 0 unspecified atom stereocenters. The maximum atomic E-state index is 14.3. The van der Waals surface area contributed by atoms with E-state index in [4.69, 9.17) is 19.2 Å². The zero-order valence-electron chi connectivity index (χ0n) is 25.7. The van der Waals surface area contributed by atoms with Gasteiger partial charge in [0.05, 0.1) is 46.7 Å². The predicted molar refractivity (Wildman–Crippen MR) is 177 cm³/mol. The molecule has 0 N–H and O–H groups in total. The number of thiazole rings is 1. The van der Waals surface area contributed by atoms with E-state index in [2.05, 4.69) is 6.07 Å². The third-order valence-electron chi connectivity index (χ3n) is 7.75. The fraction of sp³-hybridized carbons (Fsp3) is 0.189. The van der Waals surface area contributed by atoms with Gasteiger partial charge in [0.2, 0.25) is 0 Å². The number of carbonyl (C=O) groups excluding carboxylic acids is 1. The second-order valence-electron chi connectivity index (χ2n) is 10.6. The molecule has 0 amide bonds. The van der Waals surface area contributed by atoms with Gasteiger partial charge in [-0.1, -0.05) is 72.0 Å². The topological polar surface area (TPSA) is 103 Å². The van der Waals surface area contributed by atoms with Crippen LogP contribution in [0.2, 0.25) is 0 Å². The van der Waals surface area contributed by atoms with Gasteiger partial charge in [-0.3, -0.25) is 9.36 Å². The summed E-state index contributed by atoms with van der Waals surface area (Å²) in [6.45, 7) is 6.32. The molecule has 0 spiro atoms. The number of rotatable bonds is 9. The predicted octanol–water partition coefficient (Wildman–Crippen LogP) is 5.80. The van der Waals surface area contributed by atoms with Crippen LogP contribution in [0.25, 0.3) is 16.8 Å². The minimum atomic E-state index is -0.737. The molecule has 1 aliphatic heterocycles. The Morgan fingerprint density at radius 2 is 1.74 bits per heavy atom. The van der Waals surface area contributed by atoms with Crippen LogP contribution >= 0.6 is 11.3 Å². The van der Waals surface area contributed by atoms with E-state index in [1.54, 1.807) is 24.5 Å². The minimum absolute atomic E-state index is 0.185. The van der Waals surface area contributed by atoms with Gasteiger partial charge in [-0.25, -0.2) is 9.79 Å². The van der Waals surface area contributed by atoms with Crippen molar-refractivity contribution in [3.8, 4) is 17.6 Å². The quantitative estimate of drug-likeness (QED) is 0.191. The Morgan fingerprint density at radius 3 is 2.50 bits per heavy atom. The van der Waals surface area contributed by atoms with E-state index in [0.717, 1.165) is 27.5 Å². The lowest BCUT2D eigenvalue weighted by Gasteiger charge is -2.24. The summed E-state index contributed by atoms with van der Waals surface area (Å²) in [6, 6.07) is 27.9. The van der Waals surface area contributed by atoms with Gasteiger partial charge in [0, 0.05) is 11.1 Å². The Kier molecular flexibility index (Phi) is 8.81. The Labute approximate surface area is 269 Å². The first-order valence-electron chi connectivity index (χ1n) is 15.0. The Morgan fingerprint density at radius 1 is 0.978 bits per heavy atom. The fourth-order valence-corrected chi connectivity index (χ4v) is 6.64. The smallest absolute Gasteiger partial charge is 0.338 e. The summed E-state index contributed by atoms with van der Waals surface area (Å²) in [7, 11) is 0. The van der Waals surface area contributed by atoms with Crippen molar-refractivity contribution in [2.75, 3.05) is 13.2 Å². The summed E-state index contributed by atoms with van der Waals surface area (Å²) < 4.78 is 19.4. The molecule has 5 aromatic rings. The summed E-state index contributed by atoms with van der Waals surface area (Å²) in [5.41, 5.74) is 3.30. The van der Waals surface area contributed by atoms with E-state index in [0.29, 0.717) is 44.3 Å². The lowest BCUT2D eigenvalue weighted by Crippen LogP contribution is -2.39. The molecule has 0 saturated carbocycles. The Bertz CT molecular complexity index is 2210. The van der Waals surface area contributed by atoms with E-state index in [-0.39, 0.29) is 18.8 Å². The molecule has 0 radical (unpaired) electrons. The van der Waals surface area contributed by atoms with Gasteiger partial charge >= 0.3 is 5.97 Å². The van der Waals surface area contributed by atoms with Crippen LogP contribution < -0.4 is 24.4 Å². The number of allylic oxidation sites excluding steroid dienone is 1. The zero-order valence-corrected chi connectivity index (χ0v) is 26.5. The van der Waals surface area contributed by atoms with Crippen molar-refractivity contribution in [3.63, 3.8) is 0 Å². The van der Waals surface area contributed by atoms with Crippen molar-refractivity contribution in [2.45, 2.75) is 33.4 Å². The SMILES string of the molecule is CCOC(=O)C1=C(C)N=c2s/c(=C\c3c(OCc4ccccc4C#N)ccc4ccccc34)c(=O)n2[C@H]1c1ccc(OCC)cc1. The number of esters is 1. The van der Waals surface area contributed by atoms with Crippen molar-refractivity contribution in [3.05, 3.63) is 138 Å². The zero-order chi connectivity index (χ0) is 32.2. The lowest BCUT2D eigenvalue weighted by molar-refractivity contribution is -0.139. The summed E-state index contributed by atoms with van der Waals surface area (Å²) in [5, 5.41) is 11.5. The first kappa shape index (κ1) is 30.6. The van der Waals surface area contributed by atoms with E-state index in [9.17, 15) is 14.9 Å². The van der Waals surface area contributed by atoms with Crippen molar-refractivity contribution in [1.29, 1.82) is 5.26 Å². The Hall–Kier alpha value is -5.46. The van der Waals surface area contributed by atoms with Gasteiger partial charge in [-0.15, -0.1) is 0 Å². The van der Waals surface area contributed by atoms with Crippen LogP contribution in [0.15, 0.2) is 106 Å². The van der Waals surface area contributed by atoms with Gasteiger partial charge < -0.3 is 14.2 Å². The van der Waals surface area contributed by atoms with Crippen molar-refractivity contribution in [2.24, 2.45) is 4.99 Å². The van der Waals surface area contributed by atoms with Gasteiger partial charge in [0.15, 0.2) is 4.80 Å². The first-order chi connectivity index (χ1) is 22.4. The van der Waals surface area contributed by atoms with Crippen LogP contribution in [-0.2, 0) is 16.1 Å². The summed E-state index contributed by atoms with van der Waals surface area (Å²) in [4.78, 5) is 32.8. The average Bonchev–Trinajstić information content (AvgIpc) is 3.38. The molecule has 4 aromatic carbocycles. The molecule has 9 heteroatoms. The number of nitrogens with zero attached hydrogens (tertiary/aromatic N) is 3. The average molecular weight is 630 g/mol. The number of aromatic nitrogens is 1. The molecular weight excluding hydrogens is 598 g/mol. The molecule has 6 rings (SSSR count). The molecule has 1 aliphatic rings. The van der Waals surface area contributed by atoms with Crippen molar-refractivity contribution in [1.82, 2.24) is 4.57 Å². The van der Waals surface area contributed by atoms with Crippen LogP contribution in [-0.4, -0.2) is 23.8 Å². The summed E-state index contributed by atoms with van der Waals surface area (Å²) >= 11 is 1.25.